The molecule has 1 N–H and O–H groups in total. The first kappa shape index (κ1) is 16.3. The van der Waals surface area contributed by atoms with E-state index in [9.17, 15) is 4.79 Å². The van der Waals surface area contributed by atoms with Crippen LogP contribution in [-0.2, 0) is 24.2 Å². The molecule has 3 rings (SSSR count). The molecule has 2 aromatic carbocycles. The van der Waals surface area contributed by atoms with Crippen molar-refractivity contribution in [3.8, 4) is 0 Å². The molecule has 24 heavy (non-hydrogen) atoms. The maximum atomic E-state index is 12.0. The Balaban J connectivity index is 1.50. The molecule has 5 heteroatoms. The quantitative estimate of drug-likeness (QED) is 0.684. The van der Waals surface area contributed by atoms with Gasteiger partial charge in [-0.3, -0.25) is 0 Å². The van der Waals surface area contributed by atoms with E-state index in [4.69, 9.17) is 16.3 Å². The van der Waals surface area contributed by atoms with Crippen LogP contribution in [0.5, 0.6) is 0 Å². The lowest BCUT2D eigenvalue weighted by atomic mass is 10.1. The van der Waals surface area contributed by atoms with Gasteiger partial charge in [0.2, 0.25) is 0 Å². The lowest BCUT2D eigenvalue weighted by Gasteiger charge is -2.06. The minimum Gasteiger partial charge on any atom is -0.457 e. The highest BCUT2D eigenvalue weighted by molar-refractivity contribution is 6.30. The van der Waals surface area contributed by atoms with Gasteiger partial charge in [-0.2, -0.15) is 0 Å². The maximum absolute atomic E-state index is 12.0. The van der Waals surface area contributed by atoms with E-state index in [-0.39, 0.29) is 12.6 Å². The van der Waals surface area contributed by atoms with E-state index in [0.29, 0.717) is 10.6 Å². The number of aromatic nitrogens is 2. The molecule has 0 atom stereocenters. The Labute approximate surface area is 145 Å². The molecule has 0 spiro atoms. The number of benzene rings is 2. The number of H-pyrrole nitrogens is 1. The number of aryl methyl sites for hydroxylation is 2. The summed E-state index contributed by atoms with van der Waals surface area (Å²) in [5.74, 6) is -0.353. The Morgan fingerprint density at radius 3 is 2.38 bits per heavy atom. The average Bonchev–Trinajstić information content (AvgIpc) is 3.13. The molecule has 4 nitrogen and oxygen atoms in total. The van der Waals surface area contributed by atoms with Crippen molar-refractivity contribution < 1.29 is 9.53 Å². The number of ether oxygens (including phenoxy) is 1. The van der Waals surface area contributed by atoms with Crippen LogP contribution in [0.25, 0.3) is 0 Å². The molecule has 0 aliphatic rings. The van der Waals surface area contributed by atoms with Crippen molar-refractivity contribution in [3.63, 3.8) is 0 Å². The van der Waals surface area contributed by atoms with Crippen molar-refractivity contribution in [3.05, 3.63) is 88.5 Å². The molecule has 0 saturated heterocycles. The molecule has 0 fully saturated rings. The normalized spacial score (nSPS) is 10.5. The first-order chi connectivity index (χ1) is 11.7. The van der Waals surface area contributed by atoms with Gasteiger partial charge in [-0.25, -0.2) is 9.78 Å². The number of hydrogen-bond acceptors (Lipinski definition) is 3. The summed E-state index contributed by atoms with van der Waals surface area (Å²) in [6.45, 7) is 0.251. The molecule has 3 aromatic rings. The molecular weight excluding hydrogens is 324 g/mol. The number of nitrogens with one attached hydrogen (secondary N) is 1. The van der Waals surface area contributed by atoms with Crippen LogP contribution in [0.2, 0.25) is 5.02 Å². The predicted octanol–water partition coefficient (Wildman–Crippen LogP) is 4.21. The Bertz CT molecular complexity index is 781. The topological polar surface area (TPSA) is 55.0 Å². The molecule has 1 heterocycles. The van der Waals surface area contributed by atoms with Crippen LogP contribution in [0.4, 0.5) is 0 Å². The fraction of sp³-hybridized carbons (Fsp3) is 0.158. The van der Waals surface area contributed by atoms with Gasteiger partial charge in [-0.15, -0.1) is 0 Å². The fourth-order valence-electron chi connectivity index (χ4n) is 2.32. The summed E-state index contributed by atoms with van der Waals surface area (Å²) in [6.07, 6.45) is 5.42. The van der Waals surface area contributed by atoms with E-state index in [0.717, 1.165) is 24.1 Å². The van der Waals surface area contributed by atoms with Crippen molar-refractivity contribution in [2.24, 2.45) is 0 Å². The van der Waals surface area contributed by atoms with Crippen molar-refractivity contribution in [1.82, 2.24) is 9.97 Å². The number of halogens is 1. The smallest absolute Gasteiger partial charge is 0.338 e. The van der Waals surface area contributed by atoms with Gasteiger partial charge in [-0.05, 0) is 48.2 Å². The van der Waals surface area contributed by atoms with Crippen LogP contribution in [0.1, 0.15) is 27.2 Å². The van der Waals surface area contributed by atoms with E-state index in [1.54, 1.807) is 30.6 Å². The van der Waals surface area contributed by atoms with E-state index < -0.39 is 0 Å². The number of esters is 1. The lowest BCUT2D eigenvalue weighted by molar-refractivity contribution is 0.0472. The number of carbonyl (C=O) groups is 1. The van der Waals surface area contributed by atoms with E-state index >= 15 is 0 Å². The van der Waals surface area contributed by atoms with E-state index in [1.807, 2.05) is 18.3 Å². The largest absolute Gasteiger partial charge is 0.457 e. The van der Waals surface area contributed by atoms with Crippen LogP contribution in [0.15, 0.2) is 61.1 Å². The first-order valence-corrected chi connectivity index (χ1v) is 8.07. The van der Waals surface area contributed by atoms with E-state index in [1.165, 1.54) is 5.56 Å². The number of nitrogens with zero attached hydrogens (tertiary/aromatic N) is 1. The Kier molecular flexibility index (Phi) is 5.29. The molecule has 0 bridgehead atoms. The van der Waals surface area contributed by atoms with Gasteiger partial charge in [0.15, 0.2) is 0 Å². The molecule has 0 radical (unpaired) electrons. The highest BCUT2D eigenvalue weighted by Crippen LogP contribution is 2.12. The van der Waals surface area contributed by atoms with Crippen LogP contribution in [-0.4, -0.2) is 15.9 Å². The molecule has 0 unspecified atom stereocenters. The Hall–Kier alpha value is -2.59. The van der Waals surface area contributed by atoms with Gasteiger partial charge in [0.05, 0.1) is 17.6 Å². The molecule has 0 saturated carbocycles. The van der Waals surface area contributed by atoms with Crippen molar-refractivity contribution in [2.75, 3.05) is 0 Å². The van der Waals surface area contributed by atoms with Crippen LogP contribution in [0, 0.1) is 0 Å². The number of rotatable bonds is 6. The van der Waals surface area contributed by atoms with Gasteiger partial charge in [0, 0.05) is 11.2 Å². The number of aromatic amines is 1. The first-order valence-electron chi connectivity index (χ1n) is 7.69. The summed E-state index contributed by atoms with van der Waals surface area (Å²) in [6, 6.07) is 14.7. The Morgan fingerprint density at radius 2 is 1.71 bits per heavy atom. The lowest BCUT2D eigenvalue weighted by Crippen LogP contribution is -2.05. The summed E-state index contributed by atoms with van der Waals surface area (Å²) >= 11 is 5.80. The molecular formula is C19H17ClN2O2. The second kappa shape index (κ2) is 7.79. The standard InChI is InChI=1S/C19H17ClN2O2/c20-17-8-6-16(7-9-17)19(23)24-12-15-3-1-14(2-4-15)5-10-18-11-21-13-22-18/h1-4,6-9,11,13H,5,10,12H2,(H,21,22). The van der Waals surface area contributed by atoms with Crippen LogP contribution >= 0.6 is 11.6 Å². The highest BCUT2D eigenvalue weighted by atomic mass is 35.5. The third kappa shape index (κ3) is 4.46. The summed E-state index contributed by atoms with van der Waals surface area (Å²) in [7, 11) is 0. The van der Waals surface area contributed by atoms with Crippen LogP contribution < -0.4 is 0 Å². The summed E-state index contributed by atoms with van der Waals surface area (Å²) in [5, 5.41) is 0.594. The zero-order chi connectivity index (χ0) is 16.8. The highest BCUT2D eigenvalue weighted by Gasteiger charge is 2.07. The van der Waals surface area contributed by atoms with E-state index in [2.05, 4.69) is 22.1 Å². The zero-order valence-electron chi connectivity index (χ0n) is 13.0. The van der Waals surface area contributed by atoms with Crippen molar-refractivity contribution in [2.45, 2.75) is 19.4 Å². The summed E-state index contributed by atoms with van der Waals surface area (Å²) < 4.78 is 5.32. The molecule has 122 valence electrons. The summed E-state index contributed by atoms with van der Waals surface area (Å²) in [5.41, 5.74) is 3.73. The fourth-order valence-corrected chi connectivity index (χ4v) is 2.45. The number of imidazole rings is 1. The molecule has 1 aromatic heterocycles. The molecule has 0 aliphatic heterocycles. The van der Waals surface area contributed by atoms with Crippen LogP contribution in [0.3, 0.4) is 0 Å². The van der Waals surface area contributed by atoms with Gasteiger partial charge in [0.25, 0.3) is 0 Å². The maximum Gasteiger partial charge on any atom is 0.338 e. The molecule has 0 amide bonds. The third-order valence-corrected chi connectivity index (χ3v) is 3.95. The minimum atomic E-state index is -0.353. The number of carbonyl (C=O) groups excluding carboxylic acids is 1. The average molecular weight is 341 g/mol. The third-order valence-electron chi connectivity index (χ3n) is 3.70. The molecule has 0 aliphatic carbocycles. The van der Waals surface area contributed by atoms with Crippen molar-refractivity contribution >= 4 is 17.6 Å². The summed E-state index contributed by atoms with van der Waals surface area (Å²) in [4.78, 5) is 19.1. The predicted molar refractivity (Wildman–Crippen MR) is 93.0 cm³/mol. The second-order valence-corrected chi connectivity index (χ2v) is 5.90. The second-order valence-electron chi connectivity index (χ2n) is 5.46. The monoisotopic (exact) mass is 340 g/mol. The number of hydrogen-bond donors (Lipinski definition) is 1. The van der Waals surface area contributed by atoms with Gasteiger partial charge in [0.1, 0.15) is 6.61 Å². The van der Waals surface area contributed by atoms with Crippen molar-refractivity contribution in [1.29, 1.82) is 0 Å². The Morgan fingerprint density at radius 1 is 1.00 bits per heavy atom. The van der Waals surface area contributed by atoms with Gasteiger partial charge >= 0.3 is 5.97 Å². The SMILES string of the molecule is O=C(OCc1ccc(CCc2c[nH]cn2)cc1)c1ccc(Cl)cc1. The minimum absolute atomic E-state index is 0.251. The zero-order valence-corrected chi connectivity index (χ0v) is 13.8. The van der Waals surface area contributed by atoms with Gasteiger partial charge in [-0.1, -0.05) is 35.9 Å². The van der Waals surface area contributed by atoms with Gasteiger partial charge < -0.3 is 9.72 Å².